The van der Waals surface area contributed by atoms with Crippen LogP contribution in [0.5, 0.6) is 0 Å². The van der Waals surface area contributed by atoms with E-state index in [0.29, 0.717) is 11.6 Å². The minimum absolute atomic E-state index is 0.694. The Morgan fingerprint density at radius 2 is 0.574 bits per heavy atom. The van der Waals surface area contributed by atoms with Crippen LogP contribution in [0.25, 0.3) is 100 Å². The predicted octanol–water partition coefficient (Wildman–Crippen LogP) is 12.7. The van der Waals surface area contributed by atoms with Gasteiger partial charge in [-0.25, -0.2) is 19.9 Å². The quantitative estimate of drug-likeness (QED) is 0.174. The summed E-state index contributed by atoms with van der Waals surface area (Å²) in [4.78, 5) is 20.9. The SMILES string of the molecule is c1ccc(-c2cc(-c3cccc4c(-c5cc(-c6ccccc6)nc(-c6cccc7ccccc67)n5)cccc34)nc(-c3cccc4ccccc34)n2)cc1. The number of benzene rings is 8. The van der Waals surface area contributed by atoms with Crippen molar-refractivity contribution in [1.82, 2.24) is 19.9 Å². The van der Waals surface area contributed by atoms with Crippen LogP contribution >= 0.6 is 0 Å². The van der Waals surface area contributed by atoms with E-state index in [9.17, 15) is 0 Å². The number of hydrogen-bond donors (Lipinski definition) is 0. The molecule has 0 saturated heterocycles. The molecule has 10 aromatic rings. The molecule has 54 heavy (non-hydrogen) atoms. The Labute approximate surface area is 313 Å². The van der Waals surface area contributed by atoms with E-state index in [-0.39, 0.29) is 0 Å². The van der Waals surface area contributed by atoms with Crippen molar-refractivity contribution in [3.05, 3.63) is 194 Å². The third-order valence-electron chi connectivity index (χ3n) is 10.1. The molecule has 0 bridgehead atoms. The van der Waals surface area contributed by atoms with E-state index in [1.807, 2.05) is 12.1 Å². The summed E-state index contributed by atoms with van der Waals surface area (Å²) in [5.74, 6) is 1.39. The summed E-state index contributed by atoms with van der Waals surface area (Å²) in [6.45, 7) is 0. The number of nitrogens with zero attached hydrogens (tertiary/aromatic N) is 4. The van der Waals surface area contributed by atoms with Gasteiger partial charge in [0.2, 0.25) is 0 Å². The number of aromatic nitrogens is 4. The lowest BCUT2D eigenvalue weighted by atomic mass is 9.95. The molecule has 0 N–H and O–H groups in total. The lowest BCUT2D eigenvalue weighted by Crippen LogP contribution is -1.98. The normalized spacial score (nSPS) is 11.3. The average Bonchev–Trinajstić information content (AvgIpc) is 3.26. The van der Waals surface area contributed by atoms with E-state index in [4.69, 9.17) is 19.9 Å². The van der Waals surface area contributed by atoms with Gasteiger partial charge in [-0.2, -0.15) is 0 Å². The fourth-order valence-corrected chi connectivity index (χ4v) is 7.52. The van der Waals surface area contributed by atoms with E-state index < -0.39 is 0 Å². The van der Waals surface area contributed by atoms with Gasteiger partial charge >= 0.3 is 0 Å². The molecule has 252 valence electrons. The van der Waals surface area contributed by atoms with Gasteiger partial charge in [-0.05, 0) is 44.5 Å². The second-order valence-electron chi connectivity index (χ2n) is 13.4. The molecule has 8 aromatic carbocycles. The number of rotatable bonds is 6. The third kappa shape index (κ3) is 5.67. The maximum atomic E-state index is 5.30. The first-order valence-electron chi connectivity index (χ1n) is 18.1. The zero-order chi connectivity index (χ0) is 35.8. The first kappa shape index (κ1) is 31.4. The summed E-state index contributed by atoms with van der Waals surface area (Å²) in [6.07, 6.45) is 0. The van der Waals surface area contributed by atoms with Crippen molar-refractivity contribution in [2.75, 3.05) is 0 Å². The van der Waals surface area contributed by atoms with E-state index in [2.05, 4.69) is 182 Å². The van der Waals surface area contributed by atoms with E-state index in [1.165, 1.54) is 0 Å². The summed E-state index contributed by atoms with van der Waals surface area (Å²) in [7, 11) is 0. The summed E-state index contributed by atoms with van der Waals surface area (Å²) < 4.78 is 0. The molecule has 4 nitrogen and oxygen atoms in total. The Morgan fingerprint density at radius 1 is 0.241 bits per heavy atom. The minimum Gasteiger partial charge on any atom is -0.228 e. The Morgan fingerprint density at radius 3 is 1.04 bits per heavy atom. The monoisotopic (exact) mass is 688 g/mol. The van der Waals surface area contributed by atoms with Gasteiger partial charge in [0.05, 0.1) is 22.8 Å². The lowest BCUT2D eigenvalue weighted by Gasteiger charge is -2.15. The van der Waals surface area contributed by atoms with E-state index in [1.54, 1.807) is 0 Å². The third-order valence-corrected chi connectivity index (χ3v) is 10.1. The van der Waals surface area contributed by atoms with Crippen molar-refractivity contribution in [2.45, 2.75) is 0 Å². The van der Waals surface area contributed by atoms with Gasteiger partial charge in [0, 0.05) is 33.4 Å². The van der Waals surface area contributed by atoms with Crippen LogP contribution in [0.3, 0.4) is 0 Å². The van der Waals surface area contributed by atoms with Crippen LogP contribution in [0.4, 0.5) is 0 Å². The summed E-state index contributed by atoms with van der Waals surface area (Å²) in [5, 5.41) is 6.73. The van der Waals surface area contributed by atoms with Gasteiger partial charge in [-0.1, -0.05) is 182 Å². The van der Waals surface area contributed by atoms with Crippen molar-refractivity contribution in [2.24, 2.45) is 0 Å². The minimum atomic E-state index is 0.694. The molecule has 0 aliphatic heterocycles. The fraction of sp³-hybridized carbons (Fsp3) is 0. The average molecular weight is 689 g/mol. The van der Waals surface area contributed by atoms with Crippen LogP contribution in [0.1, 0.15) is 0 Å². The van der Waals surface area contributed by atoms with Gasteiger partial charge in [-0.15, -0.1) is 0 Å². The highest BCUT2D eigenvalue weighted by molar-refractivity contribution is 6.05. The zero-order valence-corrected chi connectivity index (χ0v) is 29.3. The van der Waals surface area contributed by atoms with Crippen molar-refractivity contribution in [1.29, 1.82) is 0 Å². The summed E-state index contributed by atoms with van der Waals surface area (Å²) in [5.41, 5.74) is 9.62. The predicted molar refractivity (Wildman–Crippen MR) is 223 cm³/mol. The van der Waals surface area contributed by atoms with Crippen LogP contribution in [-0.2, 0) is 0 Å². The van der Waals surface area contributed by atoms with E-state index in [0.717, 1.165) is 88.5 Å². The lowest BCUT2D eigenvalue weighted by molar-refractivity contribution is 1.19. The second kappa shape index (κ2) is 13.4. The maximum absolute atomic E-state index is 5.30. The number of hydrogen-bond acceptors (Lipinski definition) is 4. The maximum Gasteiger partial charge on any atom is 0.161 e. The van der Waals surface area contributed by atoms with Gasteiger partial charge in [0.15, 0.2) is 11.6 Å². The molecule has 2 aromatic heterocycles. The zero-order valence-electron chi connectivity index (χ0n) is 29.3. The molecule has 10 rings (SSSR count). The Balaban J connectivity index is 1.19. The molecule has 0 unspecified atom stereocenters. The van der Waals surface area contributed by atoms with Crippen molar-refractivity contribution in [3.8, 4) is 67.8 Å². The summed E-state index contributed by atoms with van der Waals surface area (Å²) in [6, 6.07) is 67.3. The Kier molecular flexibility index (Phi) is 7.77. The van der Waals surface area contributed by atoms with Crippen molar-refractivity contribution >= 4 is 32.3 Å². The molecule has 0 radical (unpaired) electrons. The van der Waals surface area contributed by atoms with Crippen molar-refractivity contribution in [3.63, 3.8) is 0 Å². The van der Waals surface area contributed by atoms with Gasteiger partial charge in [0.25, 0.3) is 0 Å². The number of fused-ring (bicyclic) bond motifs is 3. The molecule has 4 heteroatoms. The molecule has 0 aliphatic carbocycles. The topological polar surface area (TPSA) is 51.6 Å². The smallest absolute Gasteiger partial charge is 0.161 e. The molecule has 0 amide bonds. The first-order valence-corrected chi connectivity index (χ1v) is 18.1. The first-order chi connectivity index (χ1) is 26.8. The molecule has 0 fully saturated rings. The van der Waals surface area contributed by atoms with Crippen LogP contribution in [-0.4, -0.2) is 19.9 Å². The van der Waals surface area contributed by atoms with Gasteiger partial charge in [-0.3, -0.25) is 0 Å². The van der Waals surface area contributed by atoms with Gasteiger partial charge < -0.3 is 0 Å². The van der Waals surface area contributed by atoms with Crippen LogP contribution < -0.4 is 0 Å². The van der Waals surface area contributed by atoms with E-state index >= 15 is 0 Å². The highest BCUT2D eigenvalue weighted by atomic mass is 14.9. The highest BCUT2D eigenvalue weighted by Crippen LogP contribution is 2.38. The molecule has 0 spiro atoms. The highest BCUT2D eigenvalue weighted by Gasteiger charge is 2.18. The molecule has 0 atom stereocenters. The van der Waals surface area contributed by atoms with Crippen molar-refractivity contribution < 1.29 is 0 Å². The van der Waals surface area contributed by atoms with Crippen LogP contribution in [0, 0.1) is 0 Å². The summed E-state index contributed by atoms with van der Waals surface area (Å²) >= 11 is 0. The largest absolute Gasteiger partial charge is 0.228 e. The second-order valence-corrected chi connectivity index (χ2v) is 13.4. The molecular formula is C50H32N4. The fourth-order valence-electron chi connectivity index (χ4n) is 7.52. The Hall–Kier alpha value is -7.30. The van der Waals surface area contributed by atoms with Crippen LogP contribution in [0.15, 0.2) is 194 Å². The molecule has 2 heterocycles. The Bertz CT molecular complexity index is 2780. The van der Waals surface area contributed by atoms with Gasteiger partial charge in [0.1, 0.15) is 0 Å². The molecular weight excluding hydrogens is 657 g/mol. The van der Waals surface area contributed by atoms with Crippen LogP contribution in [0.2, 0.25) is 0 Å². The standard InChI is InChI=1S/C50H32N4/c1-3-17-35(18-4-1)45-31-47(53-49(51-45)43-29-11-21-33-15-7-9-23-37(33)43)41-27-13-26-40-39(41)25-14-28-42(40)48-32-46(36-19-5-2-6-20-36)52-50(54-48)44-30-12-22-34-16-8-10-24-38(34)44/h1-32H. The molecule has 0 saturated carbocycles. The molecule has 0 aliphatic rings.